The van der Waals surface area contributed by atoms with E-state index in [0.717, 1.165) is 10.0 Å². The number of rotatable bonds is 1. The number of aromatic nitrogens is 1. The highest BCUT2D eigenvalue weighted by Gasteiger charge is 2.29. The van der Waals surface area contributed by atoms with Crippen molar-refractivity contribution < 1.29 is 14.3 Å². The van der Waals surface area contributed by atoms with Gasteiger partial charge in [-0.15, -0.1) is 11.3 Å². The molecule has 1 aromatic heterocycles. The number of carbonyl (C=O) groups excluding carboxylic acids is 2. The van der Waals surface area contributed by atoms with Gasteiger partial charge in [0.1, 0.15) is 5.01 Å². The van der Waals surface area contributed by atoms with Crippen LogP contribution in [0.1, 0.15) is 15.4 Å². The number of benzene rings is 1. The van der Waals surface area contributed by atoms with Crippen LogP contribution in [0.2, 0.25) is 0 Å². The van der Waals surface area contributed by atoms with Gasteiger partial charge in [0.15, 0.2) is 5.69 Å². The fraction of sp³-hybridized carbons (Fsp3) is 0.0833. The molecule has 0 bridgehead atoms. The predicted molar refractivity (Wildman–Crippen MR) is 69.4 cm³/mol. The fourth-order valence-corrected chi connectivity index (χ4v) is 3.12. The first-order valence-corrected chi connectivity index (χ1v) is 6.75. The number of esters is 2. The maximum Gasteiger partial charge on any atom is 0.365 e. The Hall–Kier alpha value is -1.53. The Morgan fingerprint density at radius 1 is 1.33 bits per heavy atom. The van der Waals surface area contributed by atoms with Crippen LogP contribution in [-0.2, 0) is 16.0 Å². The fourth-order valence-electron chi connectivity index (χ4n) is 1.69. The lowest BCUT2D eigenvalue weighted by molar-refractivity contribution is -0.137. The van der Waals surface area contributed by atoms with Crippen molar-refractivity contribution in [3.63, 3.8) is 0 Å². The van der Waals surface area contributed by atoms with E-state index < -0.39 is 11.9 Å². The molecule has 18 heavy (non-hydrogen) atoms. The molecule has 0 unspecified atom stereocenters. The molecule has 0 fully saturated rings. The minimum Gasteiger partial charge on any atom is -0.388 e. The first kappa shape index (κ1) is 11.6. The van der Waals surface area contributed by atoms with Crippen molar-refractivity contribution in [3.8, 4) is 10.6 Å². The molecule has 0 spiro atoms. The molecule has 2 aromatic rings. The molecule has 0 saturated carbocycles. The number of thiazole rings is 1. The standard InChI is InChI=1S/C12H6BrNO3S/c13-7-3-1-2-6(4-7)11-14-10-8(18-11)5-9(15)17-12(10)16/h1-4H,5H2. The second kappa shape index (κ2) is 4.29. The van der Waals surface area contributed by atoms with Gasteiger partial charge >= 0.3 is 11.9 Å². The van der Waals surface area contributed by atoms with Gasteiger partial charge < -0.3 is 4.74 Å². The summed E-state index contributed by atoms with van der Waals surface area (Å²) >= 11 is 4.73. The van der Waals surface area contributed by atoms with E-state index in [2.05, 4.69) is 25.7 Å². The molecular formula is C12H6BrNO3S. The number of carbonyl (C=O) groups is 2. The third-order valence-corrected chi connectivity index (χ3v) is 4.07. The largest absolute Gasteiger partial charge is 0.388 e. The van der Waals surface area contributed by atoms with Crippen LogP contribution >= 0.6 is 27.3 Å². The third-order valence-electron chi connectivity index (χ3n) is 2.47. The summed E-state index contributed by atoms with van der Waals surface area (Å²) in [4.78, 5) is 27.6. The van der Waals surface area contributed by atoms with Crippen molar-refractivity contribution in [1.29, 1.82) is 0 Å². The van der Waals surface area contributed by atoms with E-state index in [0.29, 0.717) is 9.88 Å². The lowest BCUT2D eigenvalue weighted by Crippen LogP contribution is -2.21. The van der Waals surface area contributed by atoms with Crippen LogP contribution < -0.4 is 0 Å². The van der Waals surface area contributed by atoms with Gasteiger partial charge in [-0.05, 0) is 12.1 Å². The quantitative estimate of drug-likeness (QED) is 0.598. The highest BCUT2D eigenvalue weighted by molar-refractivity contribution is 9.10. The van der Waals surface area contributed by atoms with Crippen molar-refractivity contribution in [2.75, 3.05) is 0 Å². The first-order chi connectivity index (χ1) is 8.63. The second-order valence-corrected chi connectivity index (χ2v) is 5.74. The van der Waals surface area contributed by atoms with Crippen LogP contribution in [0.5, 0.6) is 0 Å². The smallest absolute Gasteiger partial charge is 0.365 e. The molecule has 2 heterocycles. The minimum atomic E-state index is -0.654. The molecule has 0 radical (unpaired) electrons. The van der Waals surface area contributed by atoms with E-state index in [1.165, 1.54) is 11.3 Å². The Kier molecular flexibility index (Phi) is 2.76. The number of hydrogen-bond acceptors (Lipinski definition) is 5. The normalized spacial score (nSPS) is 14.3. The summed E-state index contributed by atoms with van der Waals surface area (Å²) in [6.45, 7) is 0. The average molecular weight is 324 g/mol. The Morgan fingerprint density at radius 2 is 2.17 bits per heavy atom. The number of halogens is 1. The van der Waals surface area contributed by atoms with E-state index in [9.17, 15) is 9.59 Å². The zero-order valence-electron chi connectivity index (χ0n) is 8.97. The zero-order valence-corrected chi connectivity index (χ0v) is 11.4. The molecule has 0 saturated heterocycles. The van der Waals surface area contributed by atoms with Gasteiger partial charge in [0.05, 0.1) is 11.3 Å². The van der Waals surface area contributed by atoms with E-state index in [-0.39, 0.29) is 12.1 Å². The van der Waals surface area contributed by atoms with Gasteiger partial charge in [-0.1, -0.05) is 28.1 Å². The molecule has 0 N–H and O–H groups in total. The summed E-state index contributed by atoms with van der Waals surface area (Å²) < 4.78 is 5.48. The molecular weight excluding hydrogens is 318 g/mol. The van der Waals surface area contributed by atoms with Crippen LogP contribution in [0.25, 0.3) is 10.6 Å². The molecule has 0 aliphatic carbocycles. The molecule has 0 atom stereocenters. The van der Waals surface area contributed by atoms with E-state index in [1.54, 1.807) is 0 Å². The zero-order chi connectivity index (χ0) is 12.7. The highest BCUT2D eigenvalue weighted by atomic mass is 79.9. The maximum absolute atomic E-state index is 11.5. The summed E-state index contributed by atoms with van der Waals surface area (Å²) in [5.41, 5.74) is 1.17. The van der Waals surface area contributed by atoms with Crippen LogP contribution in [0, 0.1) is 0 Å². The van der Waals surface area contributed by atoms with E-state index in [4.69, 9.17) is 0 Å². The van der Waals surface area contributed by atoms with E-state index >= 15 is 0 Å². The molecule has 1 aliphatic heterocycles. The lowest BCUT2D eigenvalue weighted by atomic mass is 10.2. The highest BCUT2D eigenvalue weighted by Crippen LogP contribution is 2.32. The van der Waals surface area contributed by atoms with Crippen molar-refractivity contribution in [2.24, 2.45) is 0 Å². The first-order valence-electron chi connectivity index (χ1n) is 5.14. The molecule has 0 amide bonds. The SMILES string of the molecule is O=C1Cc2sc(-c3cccc(Br)c3)nc2C(=O)O1. The summed E-state index contributed by atoms with van der Waals surface area (Å²) in [6.07, 6.45) is 0.118. The van der Waals surface area contributed by atoms with E-state index in [1.807, 2.05) is 24.3 Å². The Bertz CT molecular complexity index is 665. The third kappa shape index (κ3) is 1.97. The summed E-state index contributed by atoms with van der Waals surface area (Å²) in [7, 11) is 0. The number of nitrogens with zero attached hydrogens (tertiary/aromatic N) is 1. The Morgan fingerprint density at radius 3 is 2.94 bits per heavy atom. The lowest BCUT2D eigenvalue weighted by Gasteiger charge is -2.06. The maximum atomic E-state index is 11.5. The van der Waals surface area contributed by atoms with Crippen LogP contribution in [0.3, 0.4) is 0 Å². The average Bonchev–Trinajstić information content (AvgIpc) is 2.73. The monoisotopic (exact) mass is 323 g/mol. The summed E-state index contributed by atoms with van der Waals surface area (Å²) in [5, 5.41) is 0.716. The summed E-state index contributed by atoms with van der Waals surface area (Å²) in [5.74, 6) is -1.17. The number of cyclic esters (lactones) is 2. The van der Waals surface area contributed by atoms with Gasteiger partial charge in [0, 0.05) is 10.0 Å². The molecule has 6 heteroatoms. The van der Waals surface area contributed by atoms with Gasteiger partial charge in [-0.25, -0.2) is 9.78 Å². The van der Waals surface area contributed by atoms with Crippen LogP contribution in [-0.4, -0.2) is 16.9 Å². The minimum absolute atomic E-state index is 0.118. The topological polar surface area (TPSA) is 56.3 Å². The Balaban J connectivity index is 2.08. The van der Waals surface area contributed by atoms with Crippen molar-refractivity contribution in [3.05, 3.63) is 39.3 Å². The molecule has 1 aliphatic rings. The number of hydrogen-bond donors (Lipinski definition) is 0. The van der Waals surface area contributed by atoms with Gasteiger partial charge in [-0.3, -0.25) is 4.79 Å². The second-order valence-electron chi connectivity index (χ2n) is 3.74. The van der Waals surface area contributed by atoms with Crippen molar-refractivity contribution >= 4 is 39.2 Å². The van der Waals surface area contributed by atoms with Gasteiger partial charge in [0.2, 0.25) is 0 Å². The molecule has 3 rings (SSSR count). The number of fused-ring (bicyclic) bond motifs is 1. The molecule has 90 valence electrons. The molecule has 4 nitrogen and oxygen atoms in total. The van der Waals surface area contributed by atoms with Crippen molar-refractivity contribution in [2.45, 2.75) is 6.42 Å². The molecule has 1 aromatic carbocycles. The number of ether oxygens (including phenoxy) is 1. The van der Waals surface area contributed by atoms with Crippen LogP contribution in [0.15, 0.2) is 28.7 Å². The van der Waals surface area contributed by atoms with Gasteiger partial charge in [-0.2, -0.15) is 0 Å². The van der Waals surface area contributed by atoms with Crippen LogP contribution in [0.4, 0.5) is 0 Å². The summed E-state index contributed by atoms with van der Waals surface area (Å²) in [6, 6.07) is 7.62. The van der Waals surface area contributed by atoms with Crippen molar-refractivity contribution in [1.82, 2.24) is 4.98 Å². The predicted octanol–water partition coefficient (Wildman–Crippen LogP) is 2.81. The van der Waals surface area contributed by atoms with Gasteiger partial charge in [0.25, 0.3) is 0 Å². The Labute approximate surface area is 115 Å².